The second kappa shape index (κ2) is 6.36. The summed E-state index contributed by atoms with van der Waals surface area (Å²) in [6.45, 7) is 2.01. The molecular formula is C15H20N4O. The van der Waals surface area contributed by atoms with Crippen molar-refractivity contribution in [1.82, 2.24) is 10.4 Å². The van der Waals surface area contributed by atoms with Gasteiger partial charge < -0.3 is 10.5 Å². The van der Waals surface area contributed by atoms with Crippen LogP contribution in [0.4, 0.5) is 5.82 Å². The van der Waals surface area contributed by atoms with Crippen molar-refractivity contribution in [3.63, 3.8) is 0 Å². The van der Waals surface area contributed by atoms with Gasteiger partial charge in [0.15, 0.2) is 0 Å². The number of hydrogen-bond donors (Lipinski definition) is 3. The average molecular weight is 272 g/mol. The number of hydrazine groups is 1. The summed E-state index contributed by atoms with van der Waals surface area (Å²) >= 11 is 0. The summed E-state index contributed by atoms with van der Waals surface area (Å²) in [4.78, 5) is 3.99. The van der Waals surface area contributed by atoms with E-state index in [0.29, 0.717) is 5.82 Å². The Labute approximate surface area is 118 Å². The van der Waals surface area contributed by atoms with Gasteiger partial charge in [0.2, 0.25) is 0 Å². The molecule has 0 saturated heterocycles. The zero-order chi connectivity index (χ0) is 14.5. The van der Waals surface area contributed by atoms with Crippen molar-refractivity contribution in [2.45, 2.75) is 19.4 Å². The lowest BCUT2D eigenvalue weighted by atomic mass is 9.98. The molecule has 0 aliphatic carbocycles. The fraction of sp³-hybridized carbons (Fsp3) is 0.267. The Hall–Kier alpha value is -2.11. The van der Waals surface area contributed by atoms with Gasteiger partial charge in [0.25, 0.3) is 0 Å². The van der Waals surface area contributed by atoms with Gasteiger partial charge in [0.05, 0.1) is 7.11 Å². The van der Waals surface area contributed by atoms with E-state index in [4.69, 9.17) is 16.3 Å². The first-order chi connectivity index (χ1) is 9.63. The van der Waals surface area contributed by atoms with Crippen LogP contribution in [0.25, 0.3) is 0 Å². The minimum absolute atomic E-state index is 0.0152. The number of nitrogens with two attached hydrogens (primary N) is 2. The van der Waals surface area contributed by atoms with Crippen molar-refractivity contribution >= 4 is 5.82 Å². The van der Waals surface area contributed by atoms with E-state index >= 15 is 0 Å². The van der Waals surface area contributed by atoms with E-state index < -0.39 is 0 Å². The molecule has 1 atom stereocenters. The van der Waals surface area contributed by atoms with Gasteiger partial charge in [-0.25, -0.2) is 4.98 Å². The molecule has 0 radical (unpaired) electrons. The number of aromatic nitrogens is 1. The van der Waals surface area contributed by atoms with Crippen molar-refractivity contribution in [3.8, 4) is 5.75 Å². The van der Waals surface area contributed by atoms with Gasteiger partial charge in [-0.1, -0.05) is 12.1 Å². The summed E-state index contributed by atoms with van der Waals surface area (Å²) in [7, 11) is 1.67. The van der Waals surface area contributed by atoms with Gasteiger partial charge in [-0.15, -0.1) is 0 Å². The largest absolute Gasteiger partial charge is 0.496 e. The summed E-state index contributed by atoms with van der Waals surface area (Å²) in [5.41, 5.74) is 11.8. The molecule has 1 heterocycles. The van der Waals surface area contributed by atoms with Crippen molar-refractivity contribution in [1.29, 1.82) is 0 Å². The fourth-order valence-corrected chi connectivity index (χ4v) is 2.25. The third kappa shape index (κ3) is 3.26. The molecule has 2 aromatic rings. The molecule has 0 bridgehead atoms. The van der Waals surface area contributed by atoms with Gasteiger partial charge in [-0.3, -0.25) is 11.3 Å². The van der Waals surface area contributed by atoms with Crippen LogP contribution in [0.2, 0.25) is 0 Å². The number of benzene rings is 1. The summed E-state index contributed by atoms with van der Waals surface area (Å²) in [5.74, 6) is 7.07. The Morgan fingerprint density at radius 2 is 2.10 bits per heavy atom. The number of ether oxygens (including phenoxy) is 1. The molecule has 1 unspecified atom stereocenters. The van der Waals surface area contributed by atoms with Gasteiger partial charge in [0.1, 0.15) is 11.6 Å². The predicted octanol–water partition coefficient (Wildman–Crippen LogP) is 1.73. The monoisotopic (exact) mass is 272 g/mol. The number of pyridine rings is 1. The first-order valence-electron chi connectivity index (χ1n) is 6.45. The summed E-state index contributed by atoms with van der Waals surface area (Å²) in [5, 5.41) is 0. The average Bonchev–Trinajstić information content (AvgIpc) is 2.44. The fourth-order valence-electron chi connectivity index (χ4n) is 2.25. The van der Waals surface area contributed by atoms with Crippen LogP contribution >= 0.6 is 0 Å². The summed E-state index contributed by atoms with van der Waals surface area (Å²) in [6, 6.07) is 9.86. The maximum atomic E-state index is 5.70. The topological polar surface area (TPSA) is 86.2 Å². The number of methoxy groups -OCH3 is 1. The summed E-state index contributed by atoms with van der Waals surface area (Å²) < 4.78 is 5.27. The highest BCUT2D eigenvalue weighted by molar-refractivity contribution is 5.38. The first-order valence-corrected chi connectivity index (χ1v) is 6.45. The molecule has 1 aromatic carbocycles. The van der Waals surface area contributed by atoms with E-state index in [0.717, 1.165) is 28.9 Å². The van der Waals surface area contributed by atoms with Crippen LogP contribution < -0.4 is 21.7 Å². The number of rotatable bonds is 5. The van der Waals surface area contributed by atoms with Crippen molar-refractivity contribution in [3.05, 3.63) is 53.2 Å². The number of anilines is 1. The van der Waals surface area contributed by atoms with Crippen LogP contribution in [0.3, 0.4) is 0 Å². The van der Waals surface area contributed by atoms with Crippen LogP contribution in [-0.4, -0.2) is 12.1 Å². The molecule has 2 rings (SSSR count). The molecule has 5 heteroatoms. The van der Waals surface area contributed by atoms with Crippen LogP contribution in [-0.2, 0) is 6.42 Å². The maximum absolute atomic E-state index is 5.70. The standard InChI is InChI=1S/C15H20N4O/c1-10-7-12(3-4-14(10)20-2)13(19-17)8-11-5-6-18-15(16)9-11/h3-7,9,13,19H,8,17H2,1-2H3,(H2,16,18). The lowest BCUT2D eigenvalue weighted by Gasteiger charge is -2.18. The van der Waals surface area contributed by atoms with E-state index in [9.17, 15) is 0 Å². The zero-order valence-corrected chi connectivity index (χ0v) is 11.8. The Kier molecular flexibility index (Phi) is 4.55. The Morgan fingerprint density at radius 3 is 2.70 bits per heavy atom. The number of aryl methyl sites for hydroxylation is 1. The molecule has 0 aliphatic rings. The number of hydrogen-bond acceptors (Lipinski definition) is 5. The van der Waals surface area contributed by atoms with Crippen LogP contribution in [0.15, 0.2) is 36.5 Å². The molecule has 20 heavy (non-hydrogen) atoms. The Morgan fingerprint density at radius 1 is 1.30 bits per heavy atom. The molecular weight excluding hydrogens is 252 g/mol. The van der Waals surface area contributed by atoms with Crippen LogP contribution in [0, 0.1) is 6.92 Å². The van der Waals surface area contributed by atoms with Crippen molar-refractivity contribution < 1.29 is 4.74 Å². The normalized spacial score (nSPS) is 12.2. The lowest BCUT2D eigenvalue weighted by molar-refractivity contribution is 0.411. The van der Waals surface area contributed by atoms with Crippen molar-refractivity contribution in [2.24, 2.45) is 5.84 Å². The number of nitrogens with zero attached hydrogens (tertiary/aromatic N) is 1. The highest BCUT2D eigenvalue weighted by atomic mass is 16.5. The first kappa shape index (κ1) is 14.3. The number of nitrogen functional groups attached to an aromatic ring is 1. The molecule has 0 fully saturated rings. The van der Waals surface area contributed by atoms with Gasteiger partial charge in [-0.2, -0.15) is 0 Å². The minimum Gasteiger partial charge on any atom is -0.496 e. The van der Waals surface area contributed by atoms with Gasteiger partial charge in [-0.05, 0) is 48.2 Å². The summed E-state index contributed by atoms with van der Waals surface area (Å²) in [6.07, 6.45) is 2.45. The molecule has 0 amide bonds. The second-order valence-corrected chi connectivity index (χ2v) is 4.74. The van der Waals surface area contributed by atoms with Crippen molar-refractivity contribution in [2.75, 3.05) is 12.8 Å². The molecule has 0 spiro atoms. The minimum atomic E-state index is 0.0152. The SMILES string of the molecule is COc1ccc(C(Cc2ccnc(N)c2)NN)cc1C. The van der Waals surface area contributed by atoms with E-state index in [-0.39, 0.29) is 6.04 Å². The highest BCUT2D eigenvalue weighted by Gasteiger charge is 2.12. The highest BCUT2D eigenvalue weighted by Crippen LogP contribution is 2.24. The zero-order valence-electron chi connectivity index (χ0n) is 11.8. The molecule has 106 valence electrons. The van der Waals surface area contributed by atoms with Gasteiger partial charge in [0, 0.05) is 12.2 Å². The Balaban J connectivity index is 2.22. The molecule has 1 aromatic heterocycles. The van der Waals surface area contributed by atoms with E-state index in [2.05, 4.69) is 16.5 Å². The van der Waals surface area contributed by atoms with E-state index in [1.54, 1.807) is 13.3 Å². The van der Waals surface area contributed by atoms with E-state index in [1.807, 2.05) is 31.2 Å². The van der Waals surface area contributed by atoms with Crippen LogP contribution in [0.1, 0.15) is 22.7 Å². The smallest absolute Gasteiger partial charge is 0.123 e. The molecule has 0 saturated carbocycles. The van der Waals surface area contributed by atoms with Crippen LogP contribution in [0.5, 0.6) is 5.75 Å². The molecule has 0 aliphatic heterocycles. The number of nitrogens with one attached hydrogen (secondary N) is 1. The molecule has 5 nitrogen and oxygen atoms in total. The second-order valence-electron chi connectivity index (χ2n) is 4.74. The van der Waals surface area contributed by atoms with Gasteiger partial charge >= 0.3 is 0 Å². The maximum Gasteiger partial charge on any atom is 0.123 e. The quantitative estimate of drug-likeness (QED) is 0.570. The van der Waals surface area contributed by atoms with E-state index in [1.165, 1.54) is 0 Å². The third-order valence-corrected chi connectivity index (χ3v) is 3.31. The third-order valence-electron chi connectivity index (χ3n) is 3.31. The molecule has 5 N–H and O–H groups in total. The Bertz CT molecular complexity index is 586. The predicted molar refractivity (Wildman–Crippen MR) is 80.1 cm³/mol. The lowest BCUT2D eigenvalue weighted by Crippen LogP contribution is -2.29.